The Labute approximate surface area is 184 Å². The van der Waals surface area contributed by atoms with Crippen molar-refractivity contribution >= 4 is 29.4 Å². The van der Waals surface area contributed by atoms with Crippen LogP contribution in [0.2, 0.25) is 0 Å². The van der Waals surface area contributed by atoms with Gasteiger partial charge < -0.3 is 10.1 Å². The van der Waals surface area contributed by atoms with Crippen molar-refractivity contribution in [1.29, 1.82) is 0 Å². The predicted octanol–water partition coefficient (Wildman–Crippen LogP) is 3.32. The molecule has 0 aromatic heterocycles. The summed E-state index contributed by atoms with van der Waals surface area (Å²) in [5, 5.41) is 2.75. The molecule has 1 unspecified atom stereocenters. The minimum atomic E-state index is -1.05. The van der Waals surface area contributed by atoms with Crippen LogP contribution in [0, 0.1) is 0 Å². The van der Waals surface area contributed by atoms with Crippen LogP contribution in [0.5, 0.6) is 0 Å². The number of amides is 3. The van der Waals surface area contributed by atoms with E-state index in [2.05, 4.69) is 10.1 Å². The molecule has 1 N–H and O–H groups in total. The average Bonchev–Trinajstić information content (AvgIpc) is 3.08. The number of carbonyl (C=O) groups is 4. The van der Waals surface area contributed by atoms with Crippen molar-refractivity contribution in [2.24, 2.45) is 0 Å². The van der Waals surface area contributed by atoms with Crippen molar-refractivity contribution in [2.75, 3.05) is 12.4 Å². The van der Waals surface area contributed by atoms with Gasteiger partial charge in [0.2, 0.25) is 5.91 Å². The summed E-state index contributed by atoms with van der Waals surface area (Å²) in [4.78, 5) is 52.0. The summed E-state index contributed by atoms with van der Waals surface area (Å²) >= 11 is 0. The number of nitrogens with zero attached hydrogens (tertiary/aromatic N) is 1. The van der Waals surface area contributed by atoms with Gasteiger partial charge in [-0.15, -0.1) is 0 Å². The molecule has 3 amide bonds. The molecule has 7 nitrogen and oxygen atoms in total. The Morgan fingerprint density at radius 2 is 1.41 bits per heavy atom. The molecule has 7 heteroatoms. The normalized spacial score (nSPS) is 13.5. The first-order valence-electron chi connectivity index (χ1n) is 9.99. The number of carbonyl (C=O) groups excluding carboxylic acids is 4. The summed E-state index contributed by atoms with van der Waals surface area (Å²) in [7, 11) is 1.29. The molecule has 0 saturated heterocycles. The highest BCUT2D eigenvalue weighted by Crippen LogP contribution is 2.26. The number of hydrogen-bond acceptors (Lipinski definition) is 5. The smallest absolute Gasteiger partial charge is 0.337 e. The zero-order valence-corrected chi connectivity index (χ0v) is 17.3. The molecular weight excluding hydrogens is 408 g/mol. The van der Waals surface area contributed by atoms with Crippen LogP contribution < -0.4 is 5.32 Å². The second-order valence-corrected chi connectivity index (χ2v) is 7.29. The van der Waals surface area contributed by atoms with Gasteiger partial charge in [0.15, 0.2) is 0 Å². The van der Waals surface area contributed by atoms with Crippen LogP contribution >= 0.6 is 0 Å². The number of nitrogens with one attached hydrogen (secondary N) is 1. The van der Waals surface area contributed by atoms with E-state index in [9.17, 15) is 19.2 Å². The van der Waals surface area contributed by atoms with Crippen molar-refractivity contribution in [3.8, 4) is 0 Å². The van der Waals surface area contributed by atoms with Gasteiger partial charge in [0, 0.05) is 12.1 Å². The summed E-state index contributed by atoms with van der Waals surface area (Å²) in [5.74, 6) is -1.99. The first-order chi connectivity index (χ1) is 15.5. The van der Waals surface area contributed by atoms with Gasteiger partial charge in [0.1, 0.15) is 6.04 Å². The lowest BCUT2D eigenvalue weighted by Gasteiger charge is -2.25. The summed E-state index contributed by atoms with van der Waals surface area (Å²) in [6.45, 7) is 0. The molecule has 3 aromatic carbocycles. The van der Waals surface area contributed by atoms with Gasteiger partial charge >= 0.3 is 5.97 Å². The number of esters is 1. The number of rotatable bonds is 6. The second-order valence-electron chi connectivity index (χ2n) is 7.29. The highest BCUT2D eigenvalue weighted by Gasteiger charge is 2.42. The molecule has 0 fully saturated rings. The zero-order valence-electron chi connectivity index (χ0n) is 17.3. The van der Waals surface area contributed by atoms with Crippen LogP contribution in [0.1, 0.15) is 36.6 Å². The fraction of sp³-hybridized carbons (Fsp3) is 0.120. The third-order valence-corrected chi connectivity index (χ3v) is 5.29. The number of anilines is 1. The predicted molar refractivity (Wildman–Crippen MR) is 117 cm³/mol. The van der Waals surface area contributed by atoms with E-state index < -0.39 is 29.7 Å². The van der Waals surface area contributed by atoms with Crippen LogP contribution in [-0.2, 0) is 16.0 Å². The Balaban J connectivity index is 1.63. The third kappa shape index (κ3) is 4.00. The number of methoxy groups -OCH3 is 1. The Hall–Kier alpha value is -4.26. The first kappa shape index (κ1) is 21.0. The number of hydrogen-bond donors (Lipinski definition) is 1. The van der Waals surface area contributed by atoms with Crippen molar-refractivity contribution < 1.29 is 23.9 Å². The molecule has 32 heavy (non-hydrogen) atoms. The summed E-state index contributed by atoms with van der Waals surface area (Å²) in [6.07, 6.45) is 0.165. The van der Waals surface area contributed by atoms with E-state index in [1.54, 1.807) is 36.4 Å². The molecule has 4 rings (SSSR count). The number of benzene rings is 3. The van der Waals surface area contributed by atoms with Gasteiger partial charge in [-0.05, 0) is 42.0 Å². The monoisotopic (exact) mass is 428 g/mol. The van der Waals surface area contributed by atoms with E-state index in [0.717, 1.165) is 10.5 Å². The molecule has 1 atom stereocenters. The van der Waals surface area contributed by atoms with Crippen LogP contribution in [0.15, 0.2) is 78.9 Å². The number of fused-ring (bicyclic) bond motifs is 1. The summed E-state index contributed by atoms with van der Waals surface area (Å²) in [5.41, 5.74) is 2.14. The summed E-state index contributed by atoms with van der Waals surface area (Å²) < 4.78 is 4.68. The third-order valence-electron chi connectivity index (χ3n) is 5.29. The van der Waals surface area contributed by atoms with E-state index in [1.165, 1.54) is 19.2 Å². The van der Waals surface area contributed by atoms with E-state index in [1.807, 2.05) is 30.3 Å². The molecule has 0 bridgehead atoms. The highest BCUT2D eigenvalue weighted by molar-refractivity contribution is 6.23. The Morgan fingerprint density at radius 3 is 1.97 bits per heavy atom. The van der Waals surface area contributed by atoms with Crippen LogP contribution in [0.4, 0.5) is 5.69 Å². The van der Waals surface area contributed by atoms with Crippen molar-refractivity contribution in [1.82, 2.24) is 4.90 Å². The van der Waals surface area contributed by atoms with E-state index in [4.69, 9.17) is 0 Å². The fourth-order valence-corrected chi connectivity index (χ4v) is 3.66. The van der Waals surface area contributed by atoms with Crippen LogP contribution in [0.25, 0.3) is 0 Å². The molecule has 0 saturated carbocycles. The van der Waals surface area contributed by atoms with Crippen molar-refractivity contribution in [3.05, 3.63) is 101 Å². The standard InChI is InChI=1S/C25H20N2O5/c1-32-25(31)17-11-13-18(14-12-17)26-22(28)21(15-16-7-3-2-4-8-16)27-23(29)19-9-5-6-10-20(19)24(27)30/h2-14,21H,15H2,1H3,(H,26,28). The van der Waals surface area contributed by atoms with Crippen molar-refractivity contribution in [2.45, 2.75) is 12.5 Å². The maximum atomic E-state index is 13.3. The lowest BCUT2D eigenvalue weighted by atomic mass is 10.0. The second kappa shape index (κ2) is 8.85. The Morgan fingerprint density at radius 1 is 0.844 bits per heavy atom. The lowest BCUT2D eigenvalue weighted by molar-refractivity contribution is -0.119. The maximum absolute atomic E-state index is 13.3. The minimum absolute atomic E-state index is 0.165. The van der Waals surface area contributed by atoms with E-state index in [0.29, 0.717) is 11.3 Å². The SMILES string of the molecule is COC(=O)c1ccc(NC(=O)C(Cc2ccccc2)N2C(=O)c3ccccc3C2=O)cc1. The zero-order chi connectivity index (χ0) is 22.7. The molecular formula is C25H20N2O5. The number of imide groups is 1. The van der Waals surface area contributed by atoms with E-state index >= 15 is 0 Å². The minimum Gasteiger partial charge on any atom is -0.465 e. The quantitative estimate of drug-likeness (QED) is 0.480. The van der Waals surface area contributed by atoms with Crippen LogP contribution in [0.3, 0.4) is 0 Å². The molecule has 160 valence electrons. The van der Waals surface area contributed by atoms with Gasteiger partial charge in [-0.25, -0.2) is 4.79 Å². The van der Waals surface area contributed by atoms with Gasteiger partial charge in [0.05, 0.1) is 23.8 Å². The molecule has 0 aliphatic carbocycles. The summed E-state index contributed by atoms with van der Waals surface area (Å²) in [6, 6.07) is 20.8. The average molecular weight is 428 g/mol. The van der Waals surface area contributed by atoms with Gasteiger partial charge in [-0.3, -0.25) is 19.3 Å². The maximum Gasteiger partial charge on any atom is 0.337 e. The molecule has 0 spiro atoms. The molecule has 0 radical (unpaired) electrons. The molecule has 1 aliphatic rings. The van der Waals surface area contributed by atoms with Crippen molar-refractivity contribution in [3.63, 3.8) is 0 Å². The van der Waals surface area contributed by atoms with E-state index in [-0.39, 0.29) is 17.5 Å². The lowest BCUT2D eigenvalue weighted by Crippen LogP contribution is -2.48. The van der Waals surface area contributed by atoms with Crippen LogP contribution in [-0.4, -0.2) is 41.7 Å². The molecule has 1 aliphatic heterocycles. The molecule has 1 heterocycles. The Bertz CT molecular complexity index is 1150. The topological polar surface area (TPSA) is 92.8 Å². The fourth-order valence-electron chi connectivity index (χ4n) is 3.66. The van der Waals surface area contributed by atoms with Gasteiger partial charge in [-0.1, -0.05) is 42.5 Å². The highest BCUT2D eigenvalue weighted by atomic mass is 16.5. The number of ether oxygens (including phenoxy) is 1. The first-order valence-corrected chi connectivity index (χ1v) is 9.99. The molecule has 3 aromatic rings. The Kier molecular flexibility index (Phi) is 5.81. The van der Waals surface area contributed by atoms with Gasteiger partial charge in [0.25, 0.3) is 11.8 Å². The van der Waals surface area contributed by atoms with Gasteiger partial charge in [-0.2, -0.15) is 0 Å². The largest absolute Gasteiger partial charge is 0.465 e.